The molecule has 0 radical (unpaired) electrons. The first-order valence-electron chi connectivity index (χ1n) is 10.7. The van der Waals surface area contributed by atoms with Crippen LogP contribution in [0.5, 0.6) is 0 Å². The molecule has 2 aliphatic carbocycles. The number of nitrogens with zero attached hydrogens (tertiary/aromatic N) is 3. The van der Waals surface area contributed by atoms with Crippen molar-refractivity contribution in [2.24, 2.45) is 13.0 Å². The molecule has 31 heavy (non-hydrogen) atoms. The number of ether oxygens (including phenoxy) is 1. The van der Waals surface area contributed by atoms with Crippen molar-refractivity contribution in [1.82, 2.24) is 20.0 Å². The SMILES string of the molecule is Cn1ncc(Cl)c1CC1c2cc(Cl)cc(F)c2C2(CC2)N1CC1CC2(CNC(=O)O2)C1. The van der Waals surface area contributed by atoms with Gasteiger partial charge in [0, 0.05) is 36.6 Å². The van der Waals surface area contributed by atoms with Crippen molar-refractivity contribution in [3.63, 3.8) is 0 Å². The van der Waals surface area contributed by atoms with Gasteiger partial charge in [-0.25, -0.2) is 9.18 Å². The Morgan fingerprint density at radius 3 is 2.71 bits per heavy atom. The number of halogens is 3. The first-order valence-corrected chi connectivity index (χ1v) is 11.5. The molecule has 3 fully saturated rings. The average Bonchev–Trinajstić information content (AvgIpc) is 3.19. The summed E-state index contributed by atoms with van der Waals surface area (Å²) in [6.45, 7) is 1.40. The van der Waals surface area contributed by atoms with E-state index in [2.05, 4.69) is 15.3 Å². The van der Waals surface area contributed by atoms with Crippen LogP contribution >= 0.6 is 23.2 Å². The number of rotatable bonds is 4. The summed E-state index contributed by atoms with van der Waals surface area (Å²) in [6, 6.07) is 3.32. The fourth-order valence-electron chi connectivity index (χ4n) is 6.11. The summed E-state index contributed by atoms with van der Waals surface area (Å²) < 4.78 is 22.5. The van der Waals surface area contributed by atoms with Crippen LogP contribution in [-0.2, 0) is 23.7 Å². The highest BCUT2D eigenvalue weighted by Gasteiger charge is 2.61. The van der Waals surface area contributed by atoms with Gasteiger partial charge >= 0.3 is 6.09 Å². The number of amides is 1. The largest absolute Gasteiger partial charge is 0.441 e. The summed E-state index contributed by atoms with van der Waals surface area (Å²) in [4.78, 5) is 14.0. The van der Waals surface area contributed by atoms with Crippen LogP contribution in [0.15, 0.2) is 18.3 Å². The number of alkyl carbamates (subject to hydrolysis) is 1. The van der Waals surface area contributed by atoms with Crippen molar-refractivity contribution in [2.75, 3.05) is 13.1 Å². The Morgan fingerprint density at radius 1 is 1.32 bits per heavy atom. The molecule has 164 valence electrons. The zero-order valence-corrected chi connectivity index (χ0v) is 18.6. The Bertz CT molecular complexity index is 1070. The Morgan fingerprint density at radius 2 is 2.10 bits per heavy atom. The topological polar surface area (TPSA) is 59.4 Å². The first kappa shape index (κ1) is 19.8. The number of hydrogen-bond donors (Lipinski definition) is 1. The minimum Gasteiger partial charge on any atom is -0.441 e. The van der Waals surface area contributed by atoms with Crippen LogP contribution in [0.2, 0.25) is 10.0 Å². The third-order valence-electron chi connectivity index (χ3n) is 7.60. The molecule has 2 saturated carbocycles. The molecule has 6 nitrogen and oxygen atoms in total. The number of carbonyl (C=O) groups excluding carboxylic acids is 1. The summed E-state index contributed by atoms with van der Waals surface area (Å²) in [6.07, 6.45) is 5.49. The van der Waals surface area contributed by atoms with Crippen molar-refractivity contribution in [1.29, 1.82) is 0 Å². The van der Waals surface area contributed by atoms with Gasteiger partial charge < -0.3 is 10.1 Å². The van der Waals surface area contributed by atoms with E-state index in [0.717, 1.165) is 49.0 Å². The molecule has 1 saturated heterocycles. The van der Waals surface area contributed by atoms with Gasteiger partial charge in [0.15, 0.2) is 0 Å². The highest BCUT2D eigenvalue weighted by atomic mass is 35.5. The van der Waals surface area contributed by atoms with Crippen LogP contribution in [0, 0.1) is 11.7 Å². The van der Waals surface area contributed by atoms with E-state index in [-0.39, 0.29) is 29.1 Å². The Kier molecular flexibility index (Phi) is 4.22. The molecule has 1 aromatic heterocycles. The van der Waals surface area contributed by atoms with Crippen LogP contribution < -0.4 is 5.32 Å². The lowest BCUT2D eigenvalue weighted by Crippen LogP contribution is -2.51. The smallest absolute Gasteiger partial charge is 0.407 e. The van der Waals surface area contributed by atoms with Crippen LogP contribution in [0.1, 0.15) is 48.5 Å². The minimum atomic E-state index is -0.361. The predicted molar refractivity (Wildman–Crippen MR) is 114 cm³/mol. The second kappa shape index (κ2) is 6.59. The number of carbonyl (C=O) groups is 1. The summed E-state index contributed by atoms with van der Waals surface area (Å²) in [5, 5.41) is 8.09. The molecule has 1 atom stereocenters. The number of hydrogen-bond acceptors (Lipinski definition) is 4. The molecule has 6 rings (SSSR count). The monoisotopic (exact) mass is 464 g/mol. The van der Waals surface area contributed by atoms with E-state index in [1.807, 2.05) is 13.1 Å². The van der Waals surface area contributed by atoms with E-state index in [0.29, 0.717) is 28.9 Å². The van der Waals surface area contributed by atoms with Gasteiger partial charge in [-0.1, -0.05) is 23.2 Å². The van der Waals surface area contributed by atoms with Crippen molar-refractivity contribution in [3.8, 4) is 0 Å². The van der Waals surface area contributed by atoms with Crippen molar-refractivity contribution in [3.05, 3.63) is 51.0 Å². The van der Waals surface area contributed by atoms with Crippen LogP contribution in [-0.4, -0.2) is 39.5 Å². The van der Waals surface area contributed by atoms with Gasteiger partial charge in [-0.15, -0.1) is 0 Å². The molecule has 1 amide bonds. The third kappa shape index (κ3) is 2.93. The van der Waals surface area contributed by atoms with E-state index < -0.39 is 0 Å². The summed E-state index contributed by atoms with van der Waals surface area (Å²) >= 11 is 12.7. The van der Waals surface area contributed by atoms with Gasteiger partial charge in [0.2, 0.25) is 0 Å². The summed E-state index contributed by atoms with van der Waals surface area (Å²) in [5.41, 5.74) is 2.05. The number of aryl methyl sites for hydroxylation is 1. The highest BCUT2D eigenvalue weighted by Crippen LogP contribution is 2.63. The van der Waals surface area contributed by atoms with E-state index in [4.69, 9.17) is 27.9 Å². The van der Waals surface area contributed by atoms with Gasteiger partial charge in [-0.2, -0.15) is 5.10 Å². The molecule has 4 aliphatic rings. The zero-order chi connectivity index (χ0) is 21.5. The fraction of sp³-hybridized carbons (Fsp3) is 0.545. The fourth-order valence-corrected chi connectivity index (χ4v) is 6.57. The molecule has 2 spiro atoms. The molecule has 3 heterocycles. The van der Waals surface area contributed by atoms with E-state index in [9.17, 15) is 4.79 Å². The van der Waals surface area contributed by atoms with Gasteiger partial charge in [0.25, 0.3) is 0 Å². The second-order valence-electron chi connectivity index (χ2n) is 9.52. The zero-order valence-electron chi connectivity index (χ0n) is 17.1. The Labute approximate surface area is 189 Å². The van der Waals surface area contributed by atoms with Crippen LogP contribution in [0.3, 0.4) is 0 Å². The normalized spacial score (nSPS) is 30.4. The first-order chi connectivity index (χ1) is 14.8. The van der Waals surface area contributed by atoms with Crippen LogP contribution in [0.25, 0.3) is 0 Å². The molecule has 2 aromatic rings. The van der Waals surface area contributed by atoms with E-state index in [1.165, 1.54) is 6.07 Å². The van der Waals surface area contributed by atoms with Crippen molar-refractivity contribution >= 4 is 29.3 Å². The minimum absolute atomic E-state index is 0.0283. The molecule has 2 aliphatic heterocycles. The molecule has 0 bridgehead atoms. The summed E-state index contributed by atoms with van der Waals surface area (Å²) in [7, 11) is 1.88. The van der Waals surface area contributed by atoms with E-state index >= 15 is 4.39 Å². The quantitative estimate of drug-likeness (QED) is 0.730. The van der Waals surface area contributed by atoms with Crippen LogP contribution in [0.4, 0.5) is 9.18 Å². The Hall–Kier alpha value is -1.83. The number of benzene rings is 1. The second-order valence-corrected chi connectivity index (χ2v) is 10.4. The summed E-state index contributed by atoms with van der Waals surface area (Å²) in [5.74, 6) is 0.171. The molecule has 9 heteroatoms. The lowest BCUT2D eigenvalue weighted by molar-refractivity contribution is -0.0638. The number of nitrogens with one attached hydrogen (secondary N) is 1. The van der Waals surface area contributed by atoms with Crippen molar-refractivity contribution < 1.29 is 13.9 Å². The predicted octanol–water partition coefficient (Wildman–Crippen LogP) is 4.34. The van der Waals surface area contributed by atoms with Crippen molar-refractivity contribution in [2.45, 2.75) is 49.3 Å². The van der Waals surface area contributed by atoms with Gasteiger partial charge in [-0.05, 0) is 49.3 Å². The molecular weight excluding hydrogens is 442 g/mol. The lowest BCUT2D eigenvalue weighted by atomic mass is 9.70. The maximum atomic E-state index is 15.2. The maximum Gasteiger partial charge on any atom is 0.407 e. The average molecular weight is 465 g/mol. The highest BCUT2D eigenvalue weighted by molar-refractivity contribution is 6.31. The maximum absolute atomic E-state index is 15.2. The van der Waals surface area contributed by atoms with Gasteiger partial charge in [-0.3, -0.25) is 9.58 Å². The lowest BCUT2D eigenvalue weighted by Gasteiger charge is -2.46. The van der Waals surface area contributed by atoms with E-state index in [1.54, 1.807) is 10.9 Å². The number of fused-ring (bicyclic) bond motifs is 2. The standard InChI is InChI=1S/C22H23Cl2FN4O2/c1-28-18(15(24)9-27-28)6-17-14-4-13(23)5-16(25)19(14)22(2-3-22)29(17)10-12-7-21(8-12)11-26-20(30)31-21/h4-5,9,12,17H,2-3,6-8,10-11H2,1H3,(H,26,30). The molecule has 1 aromatic carbocycles. The third-order valence-corrected chi connectivity index (χ3v) is 8.13. The Balaban J connectivity index is 1.34. The molecule has 1 unspecified atom stereocenters. The molecule has 1 N–H and O–H groups in total. The molecular formula is C22H23Cl2FN4O2. The number of aromatic nitrogens is 2. The van der Waals surface area contributed by atoms with Gasteiger partial charge in [0.05, 0.1) is 29.0 Å². The van der Waals surface area contributed by atoms with Gasteiger partial charge in [0.1, 0.15) is 11.4 Å².